The summed E-state index contributed by atoms with van der Waals surface area (Å²) in [5, 5.41) is 3.82. The summed E-state index contributed by atoms with van der Waals surface area (Å²) >= 11 is 6.26. The molecule has 2 heterocycles. The highest BCUT2D eigenvalue weighted by Gasteiger charge is 2.12. The molecular formula is C19H16ClN5O. The van der Waals surface area contributed by atoms with Gasteiger partial charge in [-0.25, -0.2) is 9.97 Å². The summed E-state index contributed by atoms with van der Waals surface area (Å²) in [6, 6.07) is 13.1. The maximum absolute atomic E-state index is 6.26. The van der Waals surface area contributed by atoms with Crippen LogP contribution in [-0.4, -0.2) is 21.5 Å². The third-order valence-corrected chi connectivity index (χ3v) is 4.34. The molecule has 0 aliphatic heterocycles. The molecule has 0 aliphatic carbocycles. The van der Waals surface area contributed by atoms with Gasteiger partial charge in [-0.05, 0) is 42.5 Å². The Hall–Kier alpha value is -3.25. The predicted molar refractivity (Wildman–Crippen MR) is 104 cm³/mol. The van der Waals surface area contributed by atoms with Crippen LogP contribution in [0, 0.1) is 0 Å². The number of aromatic nitrogens is 3. The molecule has 4 rings (SSSR count). The Morgan fingerprint density at radius 3 is 2.65 bits per heavy atom. The van der Waals surface area contributed by atoms with Gasteiger partial charge in [0.1, 0.15) is 5.75 Å². The van der Waals surface area contributed by atoms with Crippen LogP contribution in [-0.2, 0) is 0 Å². The maximum atomic E-state index is 6.26. The molecule has 0 saturated carbocycles. The molecule has 4 aromatic rings. The lowest BCUT2D eigenvalue weighted by Gasteiger charge is -2.09. The quantitative estimate of drug-likeness (QED) is 0.524. The second-order valence-corrected chi connectivity index (χ2v) is 6.12. The molecule has 0 bridgehead atoms. The van der Waals surface area contributed by atoms with Gasteiger partial charge < -0.3 is 15.8 Å². The van der Waals surface area contributed by atoms with Crippen molar-refractivity contribution in [2.24, 2.45) is 0 Å². The number of nitrogens with zero attached hydrogens (tertiary/aromatic N) is 3. The standard InChI is InChI=1S/C19H16ClN5O/c1-26-17-7-2-12(10-15(17)20)16-11-23-19-18(22-8-9-25(16)19)24-14-5-3-13(21)4-6-14/h2-11H,21H2,1H3,(H,22,24). The highest BCUT2D eigenvalue weighted by Crippen LogP contribution is 2.31. The monoisotopic (exact) mass is 365 g/mol. The van der Waals surface area contributed by atoms with Crippen LogP contribution < -0.4 is 15.8 Å². The Kier molecular flexibility index (Phi) is 4.10. The largest absolute Gasteiger partial charge is 0.495 e. The number of hydrogen-bond donors (Lipinski definition) is 2. The normalized spacial score (nSPS) is 10.8. The molecule has 0 spiro atoms. The fraction of sp³-hybridized carbons (Fsp3) is 0.0526. The molecule has 2 aromatic carbocycles. The average Bonchev–Trinajstić information content (AvgIpc) is 3.09. The van der Waals surface area contributed by atoms with Crippen molar-refractivity contribution >= 4 is 34.4 Å². The van der Waals surface area contributed by atoms with E-state index in [4.69, 9.17) is 22.1 Å². The molecule has 6 nitrogen and oxygen atoms in total. The van der Waals surface area contributed by atoms with E-state index in [1.807, 2.05) is 53.1 Å². The minimum Gasteiger partial charge on any atom is -0.495 e. The van der Waals surface area contributed by atoms with E-state index in [2.05, 4.69) is 15.3 Å². The first-order valence-corrected chi connectivity index (χ1v) is 8.32. The number of imidazole rings is 1. The Morgan fingerprint density at radius 2 is 1.92 bits per heavy atom. The van der Waals surface area contributed by atoms with Gasteiger partial charge in [-0.2, -0.15) is 0 Å². The van der Waals surface area contributed by atoms with Crippen LogP contribution in [0.2, 0.25) is 5.02 Å². The third-order valence-electron chi connectivity index (χ3n) is 4.05. The summed E-state index contributed by atoms with van der Waals surface area (Å²) in [6.07, 6.45) is 5.39. The zero-order valence-corrected chi connectivity index (χ0v) is 14.7. The summed E-state index contributed by atoms with van der Waals surface area (Å²) in [5.41, 5.74) is 9.89. The van der Waals surface area contributed by atoms with E-state index in [-0.39, 0.29) is 0 Å². The molecule has 3 N–H and O–H groups in total. The van der Waals surface area contributed by atoms with Gasteiger partial charge in [0.2, 0.25) is 0 Å². The van der Waals surface area contributed by atoms with E-state index in [0.717, 1.165) is 16.9 Å². The number of fused-ring (bicyclic) bond motifs is 1. The van der Waals surface area contributed by atoms with E-state index in [1.165, 1.54) is 0 Å². The smallest absolute Gasteiger partial charge is 0.180 e. The minimum atomic E-state index is 0.550. The predicted octanol–water partition coefficient (Wildman–Crippen LogP) is 4.38. The molecule has 0 fully saturated rings. The van der Waals surface area contributed by atoms with Crippen molar-refractivity contribution in [2.75, 3.05) is 18.2 Å². The van der Waals surface area contributed by atoms with Crippen LogP contribution in [0.3, 0.4) is 0 Å². The van der Waals surface area contributed by atoms with Crippen LogP contribution >= 0.6 is 11.6 Å². The Morgan fingerprint density at radius 1 is 1.12 bits per heavy atom. The van der Waals surface area contributed by atoms with Gasteiger partial charge in [0.15, 0.2) is 11.5 Å². The summed E-state index contributed by atoms with van der Waals surface area (Å²) in [4.78, 5) is 8.92. The molecule has 2 aromatic heterocycles. The molecule has 130 valence electrons. The van der Waals surface area contributed by atoms with Crippen molar-refractivity contribution in [1.82, 2.24) is 14.4 Å². The molecular weight excluding hydrogens is 350 g/mol. The highest BCUT2D eigenvalue weighted by molar-refractivity contribution is 6.32. The topological polar surface area (TPSA) is 77.5 Å². The fourth-order valence-electron chi connectivity index (χ4n) is 2.75. The van der Waals surface area contributed by atoms with Crippen molar-refractivity contribution in [1.29, 1.82) is 0 Å². The van der Waals surface area contributed by atoms with Gasteiger partial charge in [-0.15, -0.1) is 0 Å². The second kappa shape index (κ2) is 6.57. The summed E-state index contributed by atoms with van der Waals surface area (Å²) in [5.74, 6) is 1.29. The van der Waals surface area contributed by atoms with Gasteiger partial charge in [0, 0.05) is 29.3 Å². The molecule has 0 saturated heterocycles. The first-order valence-electron chi connectivity index (χ1n) is 7.94. The molecule has 0 radical (unpaired) electrons. The van der Waals surface area contributed by atoms with Crippen molar-refractivity contribution in [3.05, 3.63) is 66.1 Å². The Bertz CT molecular complexity index is 1080. The van der Waals surface area contributed by atoms with Crippen molar-refractivity contribution in [3.63, 3.8) is 0 Å². The van der Waals surface area contributed by atoms with Crippen LogP contribution in [0.15, 0.2) is 61.1 Å². The first-order chi connectivity index (χ1) is 12.7. The van der Waals surface area contributed by atoms with Crippen LogP contribution in [0.25, 0.3) is 16.9 Å². The van der Waals surface area contributed by atoms with Crippen molar-refractivity contribution in [3.8, 4) is 17.0 Å². The van der Waals surface area contributed by atoms with E-state index in [1.54, 1.807) is 19.5 Å². The number of nitrogens with two attached hydrogens (primary N) is 1. The van der Waals surface area contributed by atoms with Crippen LogP contribution in [0.4, 0.5) is 17.2 Å². The summed E-state index contributed by atoms with van der Waals surface area (Å²) in [7, 11) is 1.59. The van der Waals surface area contributed by atoms with Crippen molar-refractivity contribution < 1.29 is 4.74 Å². The number of anilines is 3. The molecule has 0 aliphatic rings. The Balaban J connectivity index is 1.75. The third kappa shape index (κ3) is 2.91. The fourth-order valence-corrected chi connectivity index (χ4v) is 3.01. The maximum Gasteiger partial charge on any atom is 0.180 e. The van der Waals surface area contributed by atoms with Gasteiger partial charge in [0.05, 0.1) is 24.0 Å². The lowest BCUT2D eigenvalue weighted by molar-refractivity contribution is 0.415. The molecule has 26 heavy (non-hydrogen) atoms. The molecule has 0 atom stereocenters. The van der Waals surface area contributed by atoms with Crippen LogP contribution in [0.1, 0.15) is 0 Å². The number of ether oxygens (including phenoxy) is 1. The minimum absolute atomic E-state index is 0.550. The average molecular weight is 366 g/mol. The van der Waals surface area contributed by atoms with E-state index in [9.17, 15) is 0 Å². The number of halogens is 1. The lowest BCUT2D eigenvalue weighted by Crippen LogP contribution is -1.98. The number of nitrogens with one attached hydrogen (secondary N) is 1. The van der Waals surface area contributed by atoms with E-state index >= 15 is 0 Å². The highest BCUT2D eigenvalue weighted by atomic mass is 35.5. The van der Waals surface area contributed by atoms with Gasteiger partial charge in [-0.1, -0.05) is 11.6 Å². The summed E-state index contributed by atoms with van der Waals surface area (Å²) in [6.45, 7) is 0. The number of nitrogen functional groups attached to an aromatic ring is 1. The Labute approximate surface area is 155 Å². The lowest BCUT2D eigenvalue weighted by atomic mass is 10.1. The molecule has 0 amide bonds. The van der Waals surface area contributed by atoms with Gasteiger partial charge in [-0.3, -0.25) is 4.40 Å². The van der Waals surface area contributed by atoms with E-state index in [0.29, 0.717) is 27.9 Å². The van der Waals surface area contributed by atoms with Gasteiger partial charge in [0.25, 0.3) is 0 Å². The first kappa shape index (κ1) is 16.2. The van der Waals surface area contributed by atoms with Crippen molar-refractivity contribution in [2.45, 2.75) is 0 Å². The number of rotatable bonds is 4. The zero-order chi connectivity index (χ0) is 18.1. The van der Waals surface area contributed by atoms with Gasteiger partial charge >= 0.3 is 0 Å². The number of hydrogen-bond acceptors (Lipinski definition) is 5. The molecule has 7 heteroatoms. The SMILES string of the molecule is COc1ccc(-c2cnc3c(Nc4ccc(N)cc4)nccn23)cc1Cl. The second-order valence-electron chi connectivity index (χ2n) is 5.71. The number of methoxy groups -OCH3 is 1. The molecule has 0 unspecified atom stereocenters. The zero-order valence-electron chi connectivity index (χ0n) is 14.0. The van der Waals surface area contributed by atoms with E-state index < -0.39 is 0 Å². The summed E-state index contributed by atoms with van der Waals surface area (Å²) < 4.78 is 7.18. The van der Waals surface area contributed by atoms with Crippen LogP contribution in [0.5, 0.6) is 5.75 Å². The number of benzene rings is 2.